The molecule has 9 rings (SSSR count). The average molecular weight is 1760 g/mol. The highest BCUT2D eigenvalue weighted by atomic mass is 15.3. The second-order valence-corrected chi connectivity index (χ2v) is 48.6. The molecule has 12 N–H and O–H groups in total. The predicted molar refractivity (Wildman–Crippen MR) is 532 cm³/mol. The van der Waals surface area contributed by atoms with E-state index in [4.69, 9.17) is 56.3 Å². The van der Waals surface area contributed by atoms with E-state index in [1.807, 2.05) is 0 Å². The molecule has 1 unspecified atom stereocenters. The maximum atomic E-state index is 6.72. The van der Waals surface area contributed by atoms with Crippen molar-refractivity contribution in [3.05, 3.63) is 17.5 Å². The lowest BCUT2D eigenvalue weighted by Crippen LogP contribution is -2.58. The first-order valence-corrected chi connectivity index (χ1v) is 50.7. The molecule has 0 amide bonds. The van der Waals surface area contributed by atoms with Gasteiger partial charge in [0.05, 0.1) is 0 Å². The Bertz CT molecular complexity index is 3340. The Morgan fingerprint density at radius 1 is 0.254 bits per heavy atom. The number of aromatic nitrogens is 9. The summed E-state index contributed by atoms with van der Waals surface area (Å²) in [6.45, 7) is 64.0. The van der Waals surface area contributed by atoms with Gasteiger partial charge in [0.2, 0.25) is 35.7 Å². The van der Waals surface area contributed by atoms with Gasteiger partial charge in [-0.1, -0.05) is 77.0 Å². The molecule has 0 aromatic carbocycles. The van der Waals surface area contributed by atoms with Gasteiger partial charge in [-0.25, -0.2) is 0 Å². The van der Waals surface area contributed by atoms with Crippen LogP contribution in [-0.2, 0) is 5.54 Å². The number of nitrogens with two attached hydrogens (primary N) is 2. The van der Waals surface area contributed by atoms with Crippen LogP contribution in [0.4, 0.5) is 35.7 Å². The highest BCUT2D eigenvalue weighted by Crippen LogP contribution is 2.49. The first-order chi connectivity index (χ1) is 58.7. The highest BCUT2D eigenvalue weighted by molar-refractivity contribution is 5.45. The van der Waals surface area contributed by atoms with Gasteiger partial charge in [0.15, 0.2) is 23.0 Å². The molecule has 6 aliphatic rings. The number of anilines is 6. The lowest BCUT2D eigenvalue weighted by molar-refractivity contribution is -0.0323. The predicted octanol–water partition coefficient (Wildman–Crippen LogP) is 19.0. The Hall–Kier alpha value is -4.57. The molecule has 9 heterocycles. The van der Waals surface area contributed by atoms with Crippen molar-refractivity contribution in [3.63, 3.8) is 0 Å². The van der Waals surface area contributed by atoms with Crippen molar-refractivity contribution in [2.24, 2.45) is 47.0 Å². The summed E-state index contributed by atoms with van der Waals surface area (Å²) in [5.41, 5.74) is 13.3. The topological polar surface area (TPSA) is 284 Å². The number of hydrogen-bond donors (Lipinski definition) is 10. The van der Waals surface area contributed by atoms with Crippen LogP contribution in [0.15, 0.2) is 0 Å². The van der Waals surface area contributed by atoms with Gasteiger partial charge in [-0.05, 0) is 399 Å². The molecule has 25 nitrogen and oxygen atoms in total. The molecular weight excluding hydrogens is 1560 g/mol. The molecule has 0 spiro atoms. The largest absolute Gasteiger partial charge is 0.354 e. The van der Waals surface area contributed by atoms with Gasteiger partial charge in [0.25, 0.3) is 0 Å². The maximum absolute atomic E-state index is 6.72. The molecule has 6 saturated heterocycles. The summed E-state index contributed by atoms with van der Waals surface area (Å²) in [5, 5.41) is 31.4. The zero-order valence-corrected chi connectivity index (χ0v) is 86.6. The summed E-state index contributed by atoms with van der Waals surface area (Å²) in [7, 11) is 13.9. The Kier molecular flexibility index (Phi) is 36.4. The monoisotopic (exact) mass is 1760 g/mol. The molecule has 0 radical (unpaired) electrons. The van der Waals surface area contributed by atoms with Crippen molar-refractivity contribution >= 4 is 35.7 Å². The quantitative estimate of drug-likeness (QED) is 0.0235. The number of unbranched alkanes of at least 4 members (excludes halogenated alkanes) is 6. The normalized spacial score (nSPS) is 23.4. The van der Waals surface area contributed by atoms with Crippen LogP contribution >= 0.6 is 0 Å². The first-order valence-electron chi connectivity index (χ1n) is 50.7. The van der Waals surface area contributed by atoms with E-state index in [1.165, 1.54) is 89.9 Å². The van der Waals surface area contributed by atoms with E-state index in [9.17, 15) is 0 Å². The fraction of sp³-hybridized carbons (Fsp3) is 0.911. The second kappa shape index (κ2) is 43.6. The SMILES string of the molecule is CN1C(C)(C)CC(CCCCNc2nc(NCCCCC3CC(C)(C)N(C)C(C)(C)C3)nc(C(NCCCN)C(NCCCN)(c3nc(NCCCCC4CC(C)(C)N(C)C(C)(C)C4)nc(NCCCCC4CC(C)(C)N(C)C(C)(C)C4)n3)c3nc(NCCCCC4CC(C)(C)N(C)C(C)(C)C4)nc(NCCCCC4CC(C)(C)N(C)C(C)(C)C4)n3)n2)CC1(C)C. The summed E-state index contributed by atoms with van der Waals surface area (Å²) in [4.78, 5) is 66.3. The van der Waals surface area contributed by atoms with Crippen molar-refractivity contribution in [2.75, 3.05) is 140 Å². The summed E-state index contributed by atoms with van der Waals surface area (Å²) < 4.78 is 0. The van der Waals surface area contributed by atoms with E-state index in [-0.39, 0.29) is 66.5 Å². The highest BCUT2D eigenvalue weighted by Gasteiger charge is 2.53. The van der Waals surface area contributed by atoms with Crippen LogP contribution in [0.25, 0.3) is 0 Å². The molecule has 25 heteroatoms. The molecule has 0 aliphatic carbocycles. The van der Waals surface area contributed by atoms with Crippen LogP contribution in [0.5, 0.6) is 0 Å². The molecule has 722 valence electrons. The van der Waals surface area contributed by atoms with Crippen LogP contribution in [0.2, 0.25) is 0 Å². The molecule has 0 bridgehead atoms. The van der Waals surface area contributed by atoms with Crippen LogP contribution in [0, 0.1) is 35.5 Å². The Morgan fingerprint density at radius 3 is 0.627 bits per heavy atom. The minimum atomic E-state index is -1.57. The summed E-state index contributed by atoms with van der Waals surface area (Å²) in [5.74, 6) is 8.02. The number of likely N-dealkylation sites (tertiary alicyclic amines) is 6. The van der Waals surface area contributed by atoms with Crippen molar-refractivity contribution in [2.45, 2.75) is 450 Å². The van der Waals surface area contributed by atoms with Gasteiger partial charge in [0, 0.05) is 106 Å². The third kappa shape index (κ3) is 28.0. The van der Waals surface area contributed by atoms with Crippen LogP contribution < -0.4 is 54.0 Å². The van der Waals surface area contributed by atoms with Gasteiger partial charge >= 0.3 is 0 Å². The first kappa shape index (κ1) is 105. The summed E-state index contributed by atoms with van der Waals surface area (Å²) >= 11 is 0. The Labute approximate surface area is 770 Å². The third-order valence-corrected chi connectivity index (χ3v) is 33.1. The third-order valence-electron chi connectivity index (χ3n) is 33.1. The lowest BCUT2D eigenvalue weighted by atomic mass is 9.72. The molecule has 126 heavy (non-hydrogen) atoms. The summed E-state index contributed by atoms with van der Waals surface area (Å²) in [6, 6.07) is -0.874. The fourth-order valence-corrected chi connectivity index (χ4v) is 25.1. The molecule has 3 aromatic heterocycles. The number of nitrogens with one attached hydrogen (secondary N) is 8. The van der Waals surface area contributed by atoms with E-state index in [2.05, 4.69) is 280 Å². The molecular formula is C101H193N25. The van der Waals surface area contributed by atoms with Gasteiger partial charge < -0.3 is 48.7 Å². The number of rotatable bonds is 48. The molecule has 3 aromatic rings. The van der Waals surface area contributed by atoms with Crippen LogP contribution in [0.1, 0.15) is 395 Å². The van der Waals surface area contributed by atoms with E-state index in [1.54, 1.807) is 0 Å². The van der Waals surface area contributed by atoms with E-state index >= 15 is 0 Å². The van der Waals surface area contributed by atoms with Crippen LogP contribution in [-0.4, -0.2) is 248 Å². The van der Waals surface area contributed by atoms with E-state index in [0.29, 0.717) is 167 Å². The van der Waals surface area contributed by atoms with E-state index < -0.39 is 11.6 Å². The summed E-state index contributed by atoms with van der Waals surface area (Å²) in [6.07, 6.45) is 34.6. The molecule has 6 fully saturated rings. The second-order valence-electron chi connectivity index (χ2n) is 48.6. The van der Waals surface area contributed by atoms with Crippen molar-refractivity contribution < 1.29 is 0 Å². The Morgan fingerprint density at radius 2 is 0.437 bits per heavy atom. The average Bonchev–Trinajstić information content (AvgIpc) is 0.730. The smallest absolute Gasteiger partial charge is 0.227 e. The maximum Gasteiger partial charge on any atom is 0.227 e. The minimum absolute atomic E-state index is 0.120. The Balaban J connectivity index is 1.18. The van der Waals surface area contributed by atoms with Crippen molar-refractivity contribution in [1.29, 1.82) is 0 Å². The zero-order valence-electron chi connectivity index (χ0n) is 86.6. The number of piperidine rings is 6. The van der Waals surface area contributed by atoms with Gasteiger partial charge in [0.1, 0.15) is 6.04 Å². The van der Waals surface area contributed by atoms with Crippen molar-refractivity contribution in [3.8, 4) is 0 Å². The lowest BCUT2D eigenvalue weighted by Gasteiger charge is -2.54. The van der Waals surface area contributed by atoms with E-state index in [0.717, 1.165) is 103 Å². The molecule has 1 atom stereocenters. The molecule has 0 saturated carbocycles. The van der Waals surface area contributed by atoms with Gasteiger partial charge in [-0.15, -0.1) is 0 Å². The van der Waals surface area contributed by atoms with Crippen molar-refractivity contribution in [1.82, 2.24) is 84.9 Å². The fourth-order valence-electron chi connectivity index (χ4n) is 25.1. The molecule has 6 aliphatic heterocycles. The number of nitrogens with zero attached hydrogens (tertiary/aromatic N) is 15. The van der Waals surface area contributed by atoms with Gasteiger partial charge in [-0.3, -0.25) is 34.7 Å². The standard InChI is InChI=1S/C101H193N25/c1-89(2)61-73(62-90(3,4)121(89)25)45-31-37-53-105-83-112-80(113-84(118-83)106-54-38-32-46-74-63-91(5,6)122(26)92(7,8)64-74)79(104-59-43-51-102)101(111-60-44-52-103,81-114-85(107-55-39-33-47-75-65-93(9,10)123(27)94(11,12)66-75)119-86(115-81)108-56-40-34-48-76-67-95(13,14)124(28)96(15,16)68-76)82-116-87(109-57-41-35-49-77-69-97(17,18)125(29)98(19,20)70-77)120-88(117-82)110-58-42-36-50-78-71-99(21,22)126(30)100(23,24)72-78/h73-79,104,111H,31-72,102-103H2,1-30H3,(H2,105,106,112,113,118)(H2,107,108,114,115,119)(H2,109,110,116,117,120). The van der Waals surface area contributed by atoms with Gasteiger partial charge in [-0.2, -0.15) is 44.9 Å². The van der Waals surface area contributed by atoms with Crippen LogP contribution in [0.3, 0.4) is 0 Å². The minimum Gasteiger partial charge on any atom is -0.354 e. The number of hydrogen-bond acceptors (Lipinski definition) is 25. The zero-order chi connectivity index (χ0) is 92.9.